The van der Waals surface area contributed by atoms with E-state index in [1.165, 1.54) is 6.42 Å². The largest absolute Gasteiger partial charge is 0.399 e. The van der Waals surface area contributed by atoms with Crippen molar-refractivity contribution < 1.29 is 8.42 Å². The summed E-state index contributed by atoms with van der Waals surface area (Å²) >= 11 is 0. The molecule has 0 radical (unpaired) electrons. The number of nitrogen functional groups attached to an aromatic ring is 1. The molecule has 1 saturated carbocycles. The number of sulfonamides is 1. The average molecular weight is 310 g/mol. The summed E-state index contributed by atoms with van der Waals surface area (Å²) in [4.78, 5) is 0.320. The van der Waals surface area contributed by atoms with Gasteiger partial charge in [-0.05, 0) is 55.9 Å². The van der Waals surface area contributed by atoms with Crippen molar-refractivity contribution >= 4 is 15.7 Å². The molecule has 2 atom stereocenters. The van der Waals surface area contributed by atoms with Gasteiger partial charge in [0.15, 0.2) is 0 Å². The topological polar surface area (TPSA) is 72.2 Å². The second kappa shape index (κ2) is 6.36. The molecule has 0 saturated heterocycles. The van der Waals surface area contributed by atoms with Gasteiger partial charge in [0.1, 0.15) is 0 Å². The van der Waals surface area contributed by atoms with Crippen molar-refractivity contribution in [2.24, 2.45) is 5.92 Å². The van der Waals surface area contributed by atoms with Crippen LogP contribution in [0.4, 0.5) is 5.69 Å². The average Bonchev–Trinajstić information content (AvgIpc) is 2.43. The van der Waals surface area contributed by atoms with Gasteiger partial charge in [-0.3, -0.25) is 0 Å². The van der Waals surface area contributed by atoms with Crippen molar-refractivity contribution in [2.45, 2.75) is 63.8 Å². The summed E-state index contributed by atoms with van der Waals surface area (Å²) in [5, 5.41) is 0. The number of benzene rings is 1. The summed E-state index contributed by atoms with van der Waals surface area (Å²) in [6.07, 6.45) is 5.35. The van der Waals surface area contributed by atoms with Crippen molar-refractivity contribution in [2.75, 3.05) is 5.73 Å². The normalized spacial score (nSPS) is 23.2. The predicted molar refractivity (Wildman–Crippen MR) is 86.7 cm³/mol. The monoisotopic (exact) mass is 310 g/mol. The fraction of sp³-hybridized carbons (Fsp3) is 0.625. The summed E-state index contributed by atoms with van der Waals surface area (Å²) in [6.45, 7) is 5.86. The van der Waals surface area contributed by atoms with Crippen molar-refractivity contribution in [3.8, 4) is 0 Å². The standard InChI is InChI=1S/C16H26N2O2S/c1-4-13-7-5-6-8-15(13)18-21(19,20)16-10-14(17)9-11(2)12(16)3/h9-10,13,15,18H,4-8,17H2,1-3H3. The minimum atomic E-state index is -3.51. The van der Waals surface area contributed by atoms with Crippen molar-refractivity contribution in [3.63, 3.8) is 0 Å². The van der Waals surface area contributed by atoms with Crippen LogP contribution in [0, 0.1) is 19.8 Å². The fourth-order valence-corrected chi connectivity index (χ4v) is 4.94. The van der Waals surface area contributed by atoms with E-state index in [0.29, 0.717) is 16.5 Å². The van der Waals surface area contributed by atoms with E-state index in [1.54, 1.807) is 6.07 Å². The summed E-state index contributed by atoms with van der Waals surface area (Å²) in [7, 11) is -3.51. The molecule has 3 N–H and O–H groups in total. The molecule has 0 heterocycles. The van der Waals surface area contributed by atoms with Crippen LogP contribution < -0.4 is 10.5 Å². The van der Waals surface area contributed by atoms with Gasteiger partial charge in [0.25, 0.3) is 0 Å². The van der Waals surface area contributed by atoms with Crippen LogP contribution in [0.5, 0.6) is 0 Å². The summed E-state index contributed by atoms with van der Waals surface area (Å²) in [5.41, 5.74) is 8.00. The van der Waals surface area contributed by atoms with Crippen LogP contribution in [0.15, 0.2) is 17.0 Å². The van der Waals surface area contributed by atoms with E-state index in [4.69, 9.17) is 5.73 Å². The van der Waals surface area contributed by atoms with Crippen molar-refractivity contribution in [1.29, 1.82) is 0 Å². The number of rotatable bonds is 4. The van der Waals surface area contributed by atoms with Crippen LogP contribution in [0.25, 0.3) is 0 Å². The minimum Gasteiger partial charge on any atom is -0.399 e. The lowest BCUT2D eigenvalue weighted by Crippen LogP contribution is -2.42. The van der Waals surface area contributed by atoms with E-state index in [-0.39, 0.29) is 6.04 Å². The molecule has 4 nitrogen and oxygen atoms in total. The van der Waals surface area contributed by atoms with E-state index < -0.39 is 10.0 Å². The Balaban J connectivity index is 2.30. The zero-order valence-corrected chi connectivity index (χ0v) is 14.0. The third-order valence-corrected chi connectivity index (χ3v) is 6.29. The highest BCUT2D eigenvalue weighted by Crippen LogP contribution is 2.29. The predicted octanol–water partition coefficient (Wildman–Crippen LogP) is 3.13. The third-order valence-electron chi connectivity index (χ3n) is 4.67. The van der Waals surface area contributed by atoms with Crippen LogP contribution in [0.1, 0.15) is 50.2 Å². The first-order chi connectivity index (χ1) is 9.85. The Labute approximate surface area is 128 Å². The van der Waals surface area contributed by atoms with E-state index >= 15 is 0 Å². The second-order valence-electron chi connectivity index (χ2n) is 6.14. The van der Waals surface area contributed by atoms with Gasteiger partial charge in [-0.2, -0.15) is 0 Å². The summed E-state index contributed by atoms with van der Waals surface area (Å²) in [6, 6.07) is 3.42. The zero-order valence-electron chi connectivity index (χ0n) is 13.1. The maximum atomic E-state index is 12.7. The molecule has 0 spiro atoms. The van der Waals surface area contributed by atoms with Crippen LogP contribution in [-0.4, -0.2) is 14.5 Å². The highest BCUT2D eigenvalue weighted by Gasteiger charge is 2.29. The Morgan fingerprint density at radius 2 is 1.90 bits per heavy atom. The maximum absolute atomic E-state index is 12.7. The summed E-state index contributed by atoms with van der Waals surface area (Å²) < 4.78 is 28.4. The minimum absolute atomic E-state index is 0.0508. The number of nitrogens with one attached hydrogen (secondary N) is 1. The first kappa shape index (κ1) is 16.3. The first-order valence-corrected chi connectivity index (χ1v) is 9.22. The molecular formula is C16H26N2O2S. The number of aryl methyl sites for hydroxylation is 1. The Kier molecular flexibility index (Phi) is 4.94. The Bertz CT molecular complexity index is 611. The van der Waals surface area contributed by atoms with Gasteiger partial charge < -0.3 is 5.73 Å². The molecule has 5 heteroatoms. The number of nitrogens with two attached hydrogens (primary N) is 1. The van der Waals surface area contributed by atoms with Gasteiger partial charge in [0, 0.05) is 11.7 Å². The molecule has 0 aliphatic heterocycles. The SMILES string of the molecule is CCC1CCCCC1NS(=O)(=O)c1cc(N)cc(C)c1C. The molecule has 21 heavy (non-hydrogen) atoms. The second-order valence-corrected chi connectivity index (χ2v) is 7.82. The quantitative estimate of drug-likeness (QED) is 0.839. The molecule has 118 valence electrons. The Morgan fingerprint density at radius 3 is 2.57 bits per heavy atom. The zero-order chi connectivity index (χ0) is 15.6. The van der Waals surface area contributed by atoms with Crippen LogP contribution >= 0.6 is 0 Å². The molecular weight excluding hydrogens is 284 g/mol. The van der Waals surface area contributed by atoms with Crippen molar-refractivity contribution in [3.05, 3.63) is 23.3 Å². The lowest BCUT2D eigenvalue weighted by molar-refractivity contribution is 0.282. The molecule has 0 amide bonds. The van der Waals surface area contributed by atoms with Crippen molar-refractivity contribution in [1.82, 2.24) is 4.72 Å². The molecule has 2 rings (SSSR count). The van der Waals surface area contributed by atoms with E-state index in [9.17, 15) is 8.42 Å². The van der Waals surface area contributed by atoms with Crippen LogP contribution in [0.2, 0.25) is 0 Å². The van der Waals surface area contributed by atoms with Gasteiger partial charge >= 0.3 is 0 Å². The van der Waals surface area contributed by atoms with Gasteiger partial charge in [-0.15, -0.1) is 0 Å². The molecule has 0 bridgehead atoms. The molecule has 2 unspecified atom stereocenters. The van der Waals surface area contributed by atoms with Gasteiger partial charge in [0.2, 0.25) is 10.0 Å². The summed E-state index contributed by atoms with van der Waals surface area (Å²) in [5.74, 6) is 0.441. The number of anilines is 1. The van der Waals surface area contributed by atoms with Gasteiger partial charge in [-0.25, -0.2) is 13.1 Å². The fourth-order valence-electron chi connectivity index (χ4n) is 3.25. The lowest BCUT2D eigenvalue weighted by atomic mass is 9.83. The molecule has 0 aromatic heterocycles. The molecule has 1 aliphatic carbocycles. The molecule has 1 aliphatic rings. The number of hydrogen-bond acceptors (Lipinski definition) is 3. The molecule has 1 aromatic carbocycles. The Hall–Kier alpha value is -1.07. The van der Waals surface area contributed by atoms with Crippen LogP contribution in [0.3, 0.4) is 0 Å². The van der Waals surface area contributed by atoms with E-state index in [0.717, 1.165) is 36.8 Å². The van der Waals surface area contributed by atoms with E-state index in [2.05, 4.69) is 11.6 Å². The van der Waals surface area contributed by atoms with Gasteiger partial charge in [-0.1, -0.05) is 26.2 Å². The smallest absolute Gasteiger partial charge is 0.241 e. The van der Waals surface area contributed by atoms with Crippen LogP contribution in [-0.2, 0) is 10.0 Å². The maximum Gasteiger partial charge on any atom is 0.241 e. The Morgan fingerprint density at radius 1 is 1.24 bits per heavy atom. The third kappa shape index (κ3) is 3.58. The number of hydrogen-bond donors (Lipinski definition) is 2. The van der Waals surface area contributed by atoms with E-state index in [1.807, 2.05) is 19.9 Å². The highest BCUT2D eigenvalue weighted by atomic mass is 32.2. The van der Waals surface area contributed by atoms with Gasteiger partial charge in [0.05, 0.1) is 4.90 Å². The lowest BCUT2D eigenvalue weighted by Gasteiger charge is -2.31. The first-order valence-electron chi connectivity index (χ1n) is 7.74. The molecule has 1 aromatic rings. The molecule has 1 fully saturated rings. The highest BCUT2D eigenvalue weighted by molar-refractivity contribution is 7.89.